The van der Waals surface area contributed by atoms with Crippen molar-refractivity contribution in [3.63, 3.8) is 0 Å². The highest BCUT2D eigenvalue weighted by molar-refractivity contribution is 8.00. The number of oxime groups is 1. The SMILES string of the molecule is CCO/N=C(/C(=O)NC1C(=O)N2C(C(=O)[O-])=C(C[n+]3cccc4sccc43)CS[C@H]12)c1coc(N)n1. The van der Waals surface area contributed by atoms with E-state index >= 15 is 0 Å². The second-order valence-electron chi connectivity index (χ2n) is 7.84. The maximum atomic E-state index is 13.0. The van der Waals surface area contributed by atoms with E-state index in [9.17, 15) is 19.5 Å². The van der Waals surface area contributed by atoms with Gasteiger partial charge in [-0.1, -0.05) is 5.16 Å². The van der Waals surface area contributed by atoms with Crippen LogP contribution in [0, 0.1) is 0 Å². The van der Waals surface area contributed by atoms with Gasteiger partial charge in [0.15, 0.2) is 18.5 Å². The average molecular weight is 529 g/mol. The van der Waals surface area contributed by atoms with Crippen molar-refractivity contribution in [1.82, 2.24) is 15.2 Å². The van der Waals surface area contributed by atoms with Crippen LogP contribution in [-0.2, 0) is 25.8 Å². The molecule has 14 heteroatoms. The monoisotopic (exact) mass is 528 g/mol. The molecule has 2 aliphatic rings. The maximum absolute atomic E-state index is 13.0. The van der Waals surface area contributed by atoms with Crippen LogP contribution in [0.1, 0.15) is 12.6 Å². The first-order valence-corrected chi connectivity index (χ1v) is 12.8. The summed E-state index contributed by atoms with van der Waals surface area (Å²) in [4.78, 5) is 48.1. The van der Waals surface area contributed by atoms with Crippen LogP contribution in [0.25, 0.3) is 10.2 Å². The summed E-state index contributed by atoms with van der Waals surface area (Å²) >= 11 is 2.94. The van der Waals surface area contributed by atoms with E-state index in [4.69, 9.17) is 15.0 Å². The number of carbonyl (C=O) groups excluding carboxylic acids is 3. The minimum absolute atomic E-state index is 0.0376. The molecule has 3 aromatic rings. The van der Waals surface area contributed by atoms with Gasteiger partial charge in [-0.2, -0.15) is 9.55 Å². The Hall–Kier alpha value is -3.91. The molecule has 0 saturated carbocycles. The number of carboxylic acids is 1. The number of aromatic nitrogens is 2. The number of nitrogens with zero attached hydrogens (tertiary/aromatic N) is 4. The number of carboxylic acid groups (broad SMARTS) is 1. The highest BCUT2D eigenvalue weighted by Crippen LogP contribution is 2.40. The lowest BCUT2D eigenvalue weighted by atomic mass is 10.0. The van der Waals surface area contributed by atoms with Crippen molar-refractivity contribution in [3.8, 4) is 0 Å². The summed E-state index contributed by atoms with van der Waals surface area (Å²) in [5.74, 6) is -2.40. The number of pyridine rings is 1. The van der Waals surface area contributed by atoms with Gasteiger partial charge < -0.3 is 30.2 Å². The van der Waals surface area contributed by atoms with Gasteiger partial charge in [-0.25, -0.2) is 0 Å². The Balaban J connectivity index is 1.37. The van der Waals surface area contributed by atoms with E-state index in [0.717, 1.165) is 16.5 Å². The molecule has 2 atom stereocenters. The van der Waals surface area contributed by atoms with Gasteiger partial charge in [-0.3, -0.25) is 14.5 Å². The van der Waals surface area contributed by atoms with E-state index in [1.54, 1.807) is 18.3 Å². The fourth-order valence-corrected chi connectivity index (χ4v) is 6.21. The number of hydrogen-bond acceptors (Lipinski definition) is 11. The third-order valence-corrected chi connectivity index (χ3v) is 7.86. The van der Waals surface area contributed by atoms with Crippen molar-refractivity contribution >= 4 is 62.8 Å². The number of thioether (sulfide) groups is 1. The molecule has 3 aromatic heterocycles. The fourth-order valence-electron chi connectivity index (χ4n) is 4.07. The quantitative estimate of drug-likeness (QED) is 0.171. The lowest BCUT2D eigenvalue weighted by Crippen LogP contribution is -2.71. The van der Waals surface area contributed by atoms with Crippen LogP contribution in [-0.4, -0.2) is 57.2 Å². The number of hydrogen-bond donors (Lipinski definition) is 2. The zero-order valence-electron chi connectivity index (χ0n) is 18.9. The summed E-state index contributed by atoms with van der Waals surface area (Å²) in [6, 6.07) is 4.70. The molecule has 1 fully saturated rings. The van der Waals surface area contributed by atoms with E-state index in [2.05, 4.69) is 15.5 Å². The van der Waals surface area contributed by atoms with Crippen LogP contribution in [0.4, 0.5) is 6.01 Å². The summed E-state index contributed by atoms with van der Waals surface area (Å²) in [7, 11) is 0. The first kappa shape index (κ1) is 23.8. The molecule has 0 spiro atoms. The predicted octanol–water partition coefficient (Wildman–Crippen LogP) is -0.396. The summed E-state index contributed by atoms with van der Waals surface area (Å²) in [5, 5.41) is 19.8. The predicted molar refractivity (Wildman–Crippen MR) is 128 cm³/mol. The topological polar surface area (TPSA) is 167 Å². The Kier molecular flexibility index (Phi) is 6.36. The Morgan fingerprint density at radius 3 is 3.00 bits per heavy atom. The van der Waals surface area contributed by atoms with Gasteiger partial charge in [0.05, 0.1) is 16.4 Å². The second kappa shape index (κ2) is 9.62. The molecule has 5 rings (SSSR count). The number of amides is 2. The molecule has 0 radical (unpaired) electrons. The van der Waals surface area contributed by atoms with Crippen molar-refractivity contribution in [1.29, 1.82) is 0 Å². The molecule has 2 amide bonds. The molecule has 186 valence electrons. The van der Waals surface area contributed by atoms with E-state index in [1.165, 1.54) is 16.7 Å². The van der Waals surface area contributed by atoms with Gasteiger partial charge in [0.25, 0.3) is 17.8 Å². The lowest BCUT2D eigenvalue weighted by molar-refractivity contribution is -0.663. The normalized spacial score (nSPS) is 19.8. The Morgan fingerprint density at radius 2 is 2.28 bits per heavy atom. The third-order valence-electron chi connectivity index (χ3n) is 5.65. The molecule has 12 nitrogen and oxygen atoms in total. The Morgan fingerprint density at radius 1 is 1.44 bits per heavy atom. The first-order chi connectivity index (χ1) is 17.4. The summed E-state index contributed by atoms with van der Waals surface area (Å²) < 4.78 is 7.95. The Bertz CT molecular complexity index is 1430. The number of nitrogens with two attached hydrogens (primary N) is 1. The molecule has 0 aromatic carbocycles. The van der Waals surface area contributed by atoms with E-state index in [-0.39, 0.29) is 36.3 Å². The molecule has 2 aliphatic heterocycles. The highest BCUT2D eigenvalue weighted by atomic mass is 32.2. The van der Waals surface area contributed by atoms with Gasteiger partial charge in [-0.15, -0.1) is 23.1 Å². The van der Waals surface area contributed by atoms with Gasteiger partial charge in [0, 0.05) is 23.5 Å². The highest BCUT2D eigenvalue weighted by Gasteiger charge is 2.53. The van der Waals surface area contributed by atoms with Crippen molar-refractivity contribution in [2.45, 2.75) is 24.9 Å². The van der Waals surface area contributed by atoms with E-state index < -0.39 is 29.2 Å². The average Bonchev–Trinajstić information content (AvgIpc) is 3.52. The van der Waals surface area contributed by atoms with Crippen LogP contribution in [0.15, 0.2) is 56.9 Å². The number of aliphatic carboxylic acids is 1. The zero-order valence-corrected chi connectivity index (χ0v) is 20.5. The molecule has 0 bridgehead atoms. The smallest absolute Gasteiger partial charge is 0.292 e. The largest absolute Gasteiger partial charge is 0.543 e. The second-order valence-corrected chi connectivity index (χ2v) is 9.89. The molecule has 5 heterocycles. The van der Waals surface area contributed by atoms with Crippen molar-refractivity contribution < 1.29 is 33.3 Å². The van der Waals surface area contributed by atoms with Gasteiger partial charge in [-0.05, 0) is 18.4 Å². The van der Waals surface area contributed by atoms with Crippen molar-refractivity contribution in [3.05, 3.63) is 53.0 Å². The Labute approximate surface area is 212 Å². The maximum Gasteiger partial charge on any atom is 0.292 e. The summed E-state index contributed by atoms with van der Waals surface area (Å²) in [6.07, 6.45) is 3.01. The third kappa shape index (κ3) is 4.18. The number of oxazole rings is 1. The number of carbonyl (C=O) groups is 3. The van der Waals surface area contributed by atoms with E-state index in [1.807, 2.05) is 34.3 Å². The standard InChI is InChI=1S/C22H20N6O6S2/c1-2-34-26-15(12-9-33-22(23)24-12)18(29)25-16-19(30)28-17(21(31)32)11(10-36-20(16)28)8-27-6-3-4-14-13(27)5-7-35-14/h3-7,9,16,20H,2,8,10H2,1H3,(H3-,23,24,25,29,31,32)/b26-15+/t16?,20-/m1/s1. The van der Waals surface area contributed by atoms with Crippen LogP contribution >= 0.6 is 23.1 Å². The van der Waals surface area contributed by atoms with Gasteiger partial charge in [0.1, 0.15) is 30.0 Å². The molecule has 36 heavy (non-hydrogen) atoms. The van der Waals surface area contributed by atoms with Crippen LogP contribution < -0.4 is 20.7 Å². The molecular weight excluding hydrogens is 508 g/mol. The number of nitrogen functional groups attached to an aromatic ring is 1. The minimum atomic E-state index is -1.44. The number of β-lactam (4-membered cyclic amide) rings is 1. The van der Waals surface area contributed by atoms with E-state index in [0.29, 0.717) is 11.3 Å². The number of rotatable bonds is 8. The van der Waals surface area contributed by atoms with Crippen LogP contribution in [0.5, 0.6) is 0 Å². The van der Waals surface area contributed by atoms with Gasteiger partial charge in [0.2, 0.25) is 5.52 Å². The van der Waals surface area contributed by atoms with Crippen molar-refractivity contribution in [2.75, 3.05) is 18.1 Å². The number of thiophene rings is 1. The molecule has 3 N–H and O–H groups in total. The minimum Gasteiger partial charge on any atom is -0.543 e. The van der Waals surface area contributed by atoms with Crippen LogP contribution in [0.2, 0.25) is 0 Å². The molecule has 1 saturated heterocycles. The van der Waals surface area contributed by atoms with Crippen LogP contribution in [0.3, 0.4) is 0 Å². The summed E-state index contributed by atoms with van der Waals surface area (Å²) in [5.41, 5.74) is 6.66. The molecule has 1 unspecified atom stereocenters. The first-order valence-electron chi connectivity index (χ1n) is 10.8. The number of fused-ring (bicyclic) bond motifs is 2. The number of anilines is 1. The fraction of sp³-hybridized carbons (Fsp3) is 0.273. The molecule has 0 aliphatic carbocycles. The lowest BCUT2D eigenvalue weighted by Gasteiger charge is -2.50. The molecular formula is C22H20N6O6S2. The summed E-state index contributed by atoms with van der Waals surface area (Å²) in [6.45, 7) is 2.17. The van der Waals surface area contributed by atoms with Gasteiger partial charge >= 0.3 is 0 Å². The number of nitrogens with one attached hydrogen (secondary N) is 1. The zero-order chi connectivity index (χ0) is 25.4. The van der Waals surface area contributed by atoms with Crippen molar-refractivity contribution in [2.24, 2.45) is 5.16 Å².